The molecular weight excluding hydrogens is 448 g/mol. The highest BCUT2D eigenvalue weighted by atomic mass is 35.5. The van der Waals surface area contributed by atoms with E-state index in [4.69, 9.17) is 11.6 Å². The molecule has 0 spiro atoms. The van der Waals surface area contributed by atoms with Crippen LogP contribution >= 0.6 is 22.9 Å². The van der Waals surface area contributed by atoms with Gasteiger partial charge in [-0.3, -0.25) is 10.1 Å². The predicted octanol–water partition coefficient (Wildman–Crippen LogP) is 3.89. The standard InChI is InChI=1S/C16H11ClN2O6S3/c17-14-9-8-13(11-15(14)18(20)21)27(22,23)19(12-5-2-1-3-6-12)28(24,25)16-7-4-10-26-16/h1-11H. The second kappa shape index (κ2) is 7.51. The van der Waals surface area contributed by atoms with Gasteiger partial charge in [-0.15, -0.1) is 11.3 Å². The van der Waals surface area contributed by atoms with Crippen LogP contribution in [0.2, 0.25) is 5.02 Å². The summed E-state index contributed by atoms with van der Waals surface area (Å²) in [4.78, 5) is 9.70. The zero-order valence-corrected chi connectivity index (χ0v) is 17.0. The number of hydrogen-bond acceptors (Lipinski definition) is 7. The van der Waals surface area contributed by atoms with Gasteiger partial charge >= 0.3 is 0 Å². The van der Waals surface area contributed by atoms with Crippen molar-refractivity contribution in [2.45, 2.75) is 9.10 Å². The van der Waals surface area contributed by atoms with Gasteiger partial charge in [-0.25, -0.2) is 8.42 Å². The molecule has 8 nitrogen and oxygen atoms in total. The fourth-order valence-electron chi connectivity index (χ4n) is 2.34. The van der Waals surface area contributed by atoms with Crippen LogP contribution in [-0.4, -0.2) is 21.8 Å². The smallest absolute Gasteiger partial charge is 0.258 e. The molecule has 2 aromatic carbocycles. The zero-order chi connectivity index (χ0) is 20.5. The van der Waals surface area contributed by atoms with Gasteiger partial charge in [0.25, 0.3) is 25.7 Å². The summed E-state index contributed by atoms with van der Waals surface area (Å²) in [6.45, 7) is 0. The van der Waals surface area contributed by atoms with Crippen molar-refractivity contribution >= 4 is 54.4 Å². The number of thiophene rings is 1. The van der Waals surface area contributed by atoms with E-state index in [9.17, 15) is 26.9 Å². The quantitative estimate of drug-likeness (QED) is 0.408. The molecule has 0 aliphatic rings. The maximum Gasteiger partial charge on any atom is 0.289 e. The van der Waals surface area contributed by atoms with E-state index in [-0.39, 0.29) is 18.6 Å². The lowest BCUT2D eigenvalue weighted by molar-refractivity contribution is -0.384. The van der Waals surface area contributed by atoms with Gasteiger partial charge in [0.05, 0.1) is 15.5 Å². The SMILES string of the molecule is O=[N+]([O-])c1cc(S(=O)(=O)N(c2ccccc2)S(=O)(=O)c2cccs2)ccc1Cl. The fourth-order valence-corrected chi connectivity index (χ4v) is 7.43. The van der Waals surface area contributed by atoms with E-state index in [0.29, 0.717) is 0 Å². The average molecular weight is 459 g/mol. The Labute approximate surface area is 169 Å². The number of benzene rings is 2. The molecule has 1 heterocycles. The van der Waals surface area contributed by atoms with Crippen LogP contribution in [-0.2, 0) is 20.0 Å². The van der Waals surface area contributed by atoms with E-state index in [2.05, 4.69) is 0 Å². The van der Waals surface area contributed by atoms with Crippen molar-refractivity contribution in [3.05, 3.63) is 81.2 Å². The third-order valence-electron chi connectivity index (χ3n) is 3.57. The summed E-state index contributed by atoms with van der Waals surface area (Å²) < 4.78 is 52.8. The molecule has 0 amide bonds. The summed E-state index contributed by atoms with van der Waals surface area (Å²) in [6, 6.07) is 12.7. The van der Waals surface area contributed by atoms with Gasteiger partial charge in [0.15, 0.2) is 0 Å². The summed E-state index contributed by atoms with van der Waals surface area (Å²) in [5.74, 6) is 0. The maximum atomic E-state index is 13.2. The van der Waals surface area contributed by atoms with E-state index in [1.807, 2.05) is 0 Å². The van der Waals surface area contributed by atoms with Crippen LogP contribution in [0.15, 0.2) is 75.1 Å². The topological polar surface area (TPSA) is 115 Å². The second-order valence-electron chi connectivity index (χ2n) is 5.35. The molecule has 3 rings (SSSR count). The Morgan fingerprint density at radius 3 is 2.18 bits per heavy atom. The molecule has 0 saturated carbocycles. The Morgan fingerprint density at radius 2 is 1.61 bits per heavy atom. The van der Waals surface area contributed by atoms with Crippen molar-refractivity contribution in [3.8, 4) is 0 Å². The molecule has 0 saturated heterocycles. The molecule has 0 atom stereocenters. The molecule has 146 valence electrons. The second-order valence-corrected chi connectivity index (χ2v) is 10.7. The number of nitro benzene ring substituents is 1. The summed E-state index contributed by atoms with van der Waals surface area (Å²) in [7, 11) is -9.22. The number of halogens is 1. The molecule has 0 unspecified atom stereocenters. The Balaban J connectivity index is 2.27. The molecular formula is C16H11ClN2O6S3. The van der Waals surface area contributed by atoms with Gasteiger partial charge in [0.1, 0.15) is 9.23 Å². The minimum Gasteiger partial charge on any atom is -0.258 e. The molecule has 0 fully saturated rings. The first-order chi connectivity index (χ1) is 13.2. The van der Waals surface area contributed by atoms with Gasteiger partial charge in [-0.05, 0) is 35.7 Å². The van der Waals surface area contributed by atoms with E-state index >= 15 is 0 Å². The normalized spacial score (nSPS) is 11.9. The van der Waals surface area contributed by atoms with Crippen LogP contribution in [0.4, 0.5) is 11.4 Å². The van der Waals surface area contributed by atoms with Gasteiger partial charge < -0.3 is 0 Å². The fraction of sp³-hybridized carbons (Fsp3) is 0. The predicted molar refractivity (Wildman–Crippen MR) is 106 cm³/mol. The first-order valence-corrected chi connectivity index (χ1v) is 11.6. The number of rotatable bonds is 6. The van der Waals surface area contributed by atoms with Gasteiger partial charge in [-0.2, -0.15) is 12.1 Å². The zero-order valence-electron chi connectivity index (χ0n) is 13.8. The Morgan fingerprint density at radius 1 is 0.929 bits per heavy atom. The van der Waals surface area contributed by atoms with E-state index in [1.165, 1.54) is 41.8 Å². The summed E-state index contributed by atoms with van der Waals surface area (Å²) in [5, 5.41) is 12.3. The molecule has 28 heavy (non-hydrogen) atoms. The summed E-state index contributed by atoms with van der Waals surface area (Å²) >= 11 is 6.59. The monoisotopic (exact) mass is 458 g/mol. The average Bonchev–Trinajstić information content (AvgIpc) is 3.18. The minimum atomic E-state index is -4.72. The largest absolute Gasteiger partial charge is 0.289 e. The highest BCUT2D eigenvalue weighted by molar-refractivity contribution is 8.11. The lowest BCUT2D eigenvalue weighted by Gasteiger charge is -2.23. The van der Waals surface area contributed by atoms with Crippen molar-refractivity contribution in [1.29, 1.82) is 0 Å². The molecule has 0 aliphatic heterocycles. The lowest BCUT2D eigenvalue weighted by atomic mass is 10.3. The van der Waals surface area contributed by atoms with Crippen LogP contribution in [0, 0.1) is 10.1 Å². The molecule has 12 heteroatoms. The van der Waals surface area contributed by atoms with E-state index in [0.717, 1.165) is 29.5 Å². The Hall–Kier alpha value is -2.47. The summed E-state index contributed by atoms with van der Waals surface area (Å²) in [6.07, 6.45) is 0. The van der Waals surface area contributed by atoms with Crippen LogP contribution in [0.25, 0.3) is 0 Å². The first kappa shape index (κ1) is 20.3. The first-order valence-electron chi connectivity index (χ1n) is 7.49. The molecule has 0 bridgehead atoms. The number of para-hydroxylation sites is 1. The van der Waals surface area contributed by atoms with Crippen molar-refractivity contribution in [1.82, 2.24) is 0 Å². The highest BCUT2D eigenvalue weighted by Gasteiger charge is 2.38. The van der Waals surface area contributed by atoms with Gasteiger partial charge in [0, 0.05) is 6.07 Å². The molecule has 0 radical (unpaired) electrons. The maximum absolute atomic E-state index is 13.2. The summed E-state index contributed by atoms with van der Waals surface area (Å²) in [5.41, 5.74) is -0.780. The van der Waals surface area contributed by atoms with Gasteiger partial charge in [0.2, 0.25) is 0 Å². The lowest BCUT2D eigenvalue weighted by Crippen LogP contribution is -2.36. The van der Waals surface area contributed by atoms with Crippen molar-refractivity contribution in [3.63, 3.8) is 0 Å². The molecule has 0 aliphatic carbocycles. The molecule has 0 N–H and O–H groups in total. The van der Waals surface area contributed by atoms with Crippen molar-refractivity contribution < 1.29 is 21.8 Å². The van der Waals surface area contributed by atoms with Crippen molar-refractivity contribution in [2.75, 3.05) is 3.71 Å². The van der Waals surface area contributed by atoms with E-state index in [1.54, 1.807) is 6.07 Å². The van der Waals surface area contributed by atoms with E-state index < -0.39 is 35.6 Å². The van der Waals surface area contributed by atoms with Crippen LogP contribution < -0.4 is 3.71 Å². The van der Waals surface area contributed by atoms with Crippen LogP contribution in [0.1, 0.15) is 0 Å². The number of anilines is 1. The number of nitrogens with zero attached hydrogens (tertiary/aromatic N) is 2. The van der Waals surface area contributed by atoms with Crippen LogP contribution in [0.3, 0.4) is 0 Å². The van der Waals surface area contributed by atoms with Crippen molar-refractivity contribution in [2.24, 2.45) is 0 Å². The number of sulfonamides is 2. The third kappa shape index (κ3) is 3.61. The molecule has 3 aromatic rings. The third-order valence-corrected chi connectivity index (χ3v) is 9.43. The molecule has 1 aromatic heterocycles. The Bertz CT molecular complexity index is 1230. The number of hydrogen-bond donors (Lipinski definition) is 0. The number of nitro groups is 1. The highest BCUT2D eigenvalue weighted by Crippen LogP contribution is 2.34. The van der Waals surface area contributed by atoms with Gasteiger partial charge in [-0.1, -0.05) is 35.9 Å². The minimum absolute atomic E-state index is 0.131. The Kier molecular flexibility index (Phi) is 5.44. The van der Waals surface area contributed by atoms with Crippen LogP contribution in [0.5, 0.6) is 0 Å².